The standard InChI is InChI=1S/C15H19NO3/c1-3-9-19-15(18)13(4-2)16-10-11-7-5-6-8-12(11)14(16)17/h5-8,13H,3-4,9-10H2,1-2H3. The molecule has 1 atom stereocenters. The lowest BCUT2D eigenvalue weighted by atomic mass is 10.1. The van der Waals surface area contributed by atoms with Crippen molar-refractivity contribution in [1.29, 1.82) is 0 Å². The SMILES string of the molecule is CCCOC(=O)C(CC)N1Cc2ccccc2C1=O. The monoisotopic (exact) mass is 261 g/mol. The summed E-state index contributed by atoms with van der Waals surface area (Å²) >= 11 is 0. The molecule has 4 nitrogen and oxygen atoms in total. The molecule has 1 unspecified atom stereocenters. The van der Waals surface area contributed by atoms with Gasteiger partial charge in [0.25, 0.3) is 5.91 Å². The van der Waals surface area contributed by atoms with E-state index in [9.17, 15) is 9.59 Å². The summed E-state index contributed by atoms with van der Waals surface area (Å²) in [5, 5.41) is 0. The molecule has 0 aliphatic carbocycles. The summed E-state index contributed by atoms with van der Waals surface area (Å²) in [6, 6.07) is 7.01. The van der Waals surface area contributed by atoms with Crippen molar-refractivity contribution in [3.8, 4) is 0 Å². The fourth-order valence-electron chi connectivity index (χ4n) is 2.34. The first-order valence-corrected chi connectivity index (χ1v) is 6.74. The van der Waals surface area contributed by atoms with Gasteiger partial charge >= 0.3 is 5.97 Å². The van der Waals surface area contributed by atoms with Crippen molar-refractivity contribution in [1.82, 2.24) is 4.90 Å². The summed E-state index contributed by atoms with van der Waals surface area (Å²) in [5.74, 6) is -0.374. The van der Waals surface area contributed by atoms with Crippen LogP contribution in [-0.4, -0.2) is 29.4 Å². The zero-order chi connectivity index (χ0) is 13.8. The van der Waals surface area contributed by atoms with Gasteiger partial charge in [-0.2, -0.15) is 0 Å². The van der Waals surface area contributed by atoms with Crippen LogP contribution in [-0.2, 0) is 16.1 Å². The van der Waals surface area contributed by atoms with Crippen molar-refractivity contribution in [2.45, 2.75) is 39.3 Å². The summed E-state index contributed by atoms with van der Waals surface area (Å²) in [7, 11) is 0. The molecule has 0 N–H and O–H groups in total. The molecule has 1 aliphatic rings. The predicted molar refractivity (Wildman–Crippen MR) is 71.6 cm³/mol. The Hall–Kier alpha value is -1.84. The van der Waals surface area contributed by atoms with E-state index in [1.54, 1.807) is 4.90 Å². The zero-order valence-corrected chi connectivity index (χ0v) is 11.4. The van der Waals surface area contributed by atoms with E-state index in [-0.39, 0.29) is 11.9 Å². The molecule has 0 spiro atoms. The number of ether oxygens (including phenoxy) is 1. The minimum atomic E-state index is -0.480. The smallest absolute Gasteiger partial charge is 0.328 e. The number of hydrogen-bond donors (Lipinski definition) is 0. The molecule has 0 aromatic heterocycles. The van der Waals surface area contributed by atoms with Crippen LogP contribution in [0.4, 0.5) is 0 Å². The molecular formula is C15H19NO3. The Morgan fingerprint density at radius 2 is 2.11 bits per heavy atom. The van der Waals surface area contributed by atoms with Crippen LogP contribution in [0.2, 0.25) is 0 Å². The predicted octanol–water partition coefficient (Wildman–Crippen LogP) is 2.37. The normalized spacial score (nSPS) is 15.3. The Kier molecular flexibility index (Phi) is 4.20. The van der Waals surface area contributed by atoms with E-state index >= 15 is 0 Å². The van der Waals surface area contributed by atoms with E-state index < -0.39 is 6.04 Å². The van der Waals surface area contributed by atoms with Crippen LogP contribution in [0, 0.1) is 0 Å². The van der Waals surface area contributed by atoms with Crippen molar-refractivity contribution < 1.29 is 14.3 Å². The highest BCUT2D eigenvalue weighted by Crippen LogP contribution is 2.25. The number of carbonyl (C=O) groups excluding carboxylic acids is 2. The van der Waals surface area contributed by atoms with E-state index in [4.69, 9.17) is 4.74 Å². The van der Waals surface area contributed by atoms with E-state index in [2.05, 4.69) is 0 Å². The number of carbonyl (C=O) groups is 2. The summed E-state index contributed by atoms with van der Waals surface area (Å²) in [6.45, 7) is 4.75. The van der Waals surface area contributed by atoms with E-state index in [1.165, 1.54) is 0 Å². The molecule has 2 rings (SSSR count). The summed E-state index contributed by atoms with van der Waals surface area (Å²) in [6.07, 6.45) is 1.36. The van der Waals surface area contributed by atoms with E-state index in [0.717, 1.165) is 12.0 Å². The minimum Gasteiger partial charge on any atom is -0.464 e. The number of benzene rings is 1. The van der Waals surface area contributed by atoms with Crippen LogP contribution in [0.3, 0.4) is 0 Å². The lowest BCUT2D eigenvalue weighted by Gasteiger charge is -2.24. The lowest BCUT2D eigenvalue weighted by molar-refractivity contribution is -0.149. The topological polar surface area (TPSA) is 46.6 Å². The van der Waals surface area contributed by atoms with Crippen molar-refractivity contribution in [3.63, 3.8) is 0 Å². The maximum absolute atomic E-state index is 12.3. The molecule has 4 heteroatoms. The molecule has 1 aromatic rings. The number of hydrogen-bond acceptors (Lipinski definition) is 3. The second-order valence-corrected chi connectivity index (χ2v) is 4.68. The van der Waals surface area contributed by atoms with Crippen LogP contribution >= 0.6 is 0 Å². The molecule has 102 valence electrons. The highest BCUT2D eigenvalue weighted by molar-refractivity contribution is 6.00. The first-order valence-electron chi connectivity index (χ1n) is 6.74. The van der Waals surface area contributed by atoms with Gasteiger partial charge in [0.1, 0.15) is 6.04 Å². The van der Waals surface area contributed by atoms with Crippen molar-refractivity contribution in [3.05, 3.63) is 35.4 Å². The zero-order valence-electron chi connectivity index (χ0n) is 11.4. The van der Waals surface area contributed by atoms with Crippen molar-refractivity contribution in [2.75, 3.05) is 6.61 Å². The fraction of sp³-hybridized carbons (Fsp3) is 0.467. The number of amides is 1. The van der Waals surface area contributed by atoms with E-state index in [0.29, 0.717) is 25.1 Å². The molecular weight excluding hydrogens is 242 g/mol. The first kappa shape index (κ1) is 13.6. The van der Waals surface area contributed by atoms with Crippen LogP contribution < -0.4 is 0 Å². The average molecular weight is 261 g/mol. The molecule has 0 fully saturated rings. The highest BCUT2D eigenvalue weighted by atomic mass is 16.5. The van der Waals surface area contributed by atoms with E-state index in [1.807, 2.05) is 38.1 Å². The third-order valence-electron chi connectivity index (χ3n) is 3.33. The van der Waals surface area contributed by atoms with Gasteiger partial charge in [0.15, 0.2) is 0 Å². The maximum atomic E-state index is 12.3. The summed E-state index contributed by atoms with van der Waals surface area (Å²) in [4.78, 5) is 25.9. The van der Waals surface area contributed by atoms with Gasteiger partial charge in [-0.25, -0.2) is 4.79 Å². The molecule has 1 heterocycles. The second-order valence-electron chi connectivity index (χ2n) is 4.68. The van der Waals surface area contributed by atoms with Crippen molar-refractivity contribution >= 4 is 11.9 Å². The van der Waals surface area contributed by atoms with Gasteiger partial charge in [-0.05, 0) is 24.5 Å². The number of rotatable bonds is 5. The molecule has 0 radical (unpaired) electrons. The number of fused-ring (bicyclic) bond motifs is 1. The van der Waals surface area contributed by atoms with Crippen LogP contribution in [0.5, 0.6) is 0 Å². The first-order chi connectivity index (χ1) is 9.19. The maximum Gasteiger partial charge on any atom is 0.328 e. The van der Waals surface area contributed by atoms with Gasteiger partial charge in [0.2, 0.25) is 0 Å². The third kappa shape index (κ3) is 2.62. The molecule has 0 saturated carbocycles. The van der Waals surface area contributed by atoms with Crippen LogP contribution in [0.1, 0.15) is 42.6 Å². The second kappa shape index (κ2) is 5.87. The third-order valence-corrected chi connectivity index (χ3v) is 3.33. The lowest BCUT2D eigenvalue weighted by Crippen LogP contribution is -2.42. The molecule has 19 heavy (non-hydrogen) atoms. The molecule has 1 amide bonds. The largest absolute Gasteiger partial charge is 0.464 e. The average Bonchev–Trinajstić information content (AvgIpc) is 2.75. The van der Waals surface area contributed by atoms with Gasteiger partial charge < -0.3 is 9.64 Å². The Morgan fingerprint density at radius 1 is 1.37 bits per heavy atom. The van der Waals surface area contributed by atoms with Gasteiger partial charge in [0.05, 0.1) is 6.61 Å². The van der Waals surface area contributed by atoms with Gasteiger partial charge in [-0.15, -0.1) is 0 Å². The van der Waals surface area contributed by atoms with Crippen LogP contribution in [0.15, 0.2) is 24.3 Å². The Morgan fingerprint density at radius 3 is 2.74 bits per heavy atom. The molecule has 0 bridgehead atoms. The quantitative estimate of drug-likeness (QED) is 0.764. The number of nitrogens with zero attached hydrogens (tertiary/aromatic N) is 1. The molecule has 1 aromatic carbocycles. The fourth-order valence-corrected chi connectivity index (χ4v) is 2.34. The highest BCUT2D eigenvalue weighted by Gasteiger charge is 2.35. The number of esters is 1. The summed E-state index contributed by atoms with van der Waals surface area (Å²) in [5.41, 5.74) is 1.68. The minimum absolute atomic E-state index is 0.0732. The van der Waals surface area contributed by atoms with Gasteiger partial charge in [0, 0.05) is 12.1 Å². The van der Waals surface area contributed by atoms with Crippen LogP contribution in [0.25, 0.3) is 0 Å². The Bertz CT molecular complexity index is 484. The van der Waals surface area contributed by atoms with Gasteiger partial charge in [-0.1, -0.05) is 32.0 Å². The van der Waals surface area contributed by atoms with Crippen molar-refractivity contribution in [2.24, 2.45) is 0 Å². The molecule has 0 saturated heterocycles. The molecule has 1 aliphatic heterocycles. The summed E-state index contributed by atoms with van der Waals surface area (Å²) < 4.78 is 5.17. The Labute approximate surface area is 113 Å². The Balaban J connectivity index is 2.14. The van der Waals surface area contributed by atoms with Gasteiger partial charge in [-0.3, -0.25) is 4.79 Å².